The predicted octanol–water partition coefficient (Wildman–Crippen LogP) is 2.70. The van der Waals surface area contributed by atoms with Crippen LogP contribution in [0.5, 0.6) is 0 Å². The first-order valence-electron chi connectivity index (χ1n) is 5.38. The Bertz CT molecular complexity index is 313. The number of benzene rings is 1. The summed E-state index contributed by atoms with van der Waals surface area (Å²) in [5.74, 6) is 0.205. The van der Waals surface area contributed by atoms with Crippen molar-refractivity contribution in [3.8, 4) is 0 Å². The zero-order valence-corrected chi connectivity index (χ0v) is 10.9. The quantitative estimate of drug-likeness (QED) is 0.844. The lowest BCUT2D eigenvalue weighted by Gasteiger charge is -2.11. The van der Waals surface area contributed by atoms with Crippen molar-refractivity contribution in [1.82, 2.24) is 5.32 Å². The van der Waals surface area contributed by atoms with E-state index in [9.17, 15) is 4.39 Å². The molecule has 0 saturated heterocycles. The molecule has 0 aliphatic carbocycles. The van der Waals surface area contributed by atoms with Crippen LogP contribution >= 0.6 is 15.9 Å². The van der Waals surface area contributed by atoms with E-state index < -0.39 is 0 Å². The lowest BCUT2D eigenvalue weighted by molar-refractivity contribution is 0.260. The van der Waals surface area contributed by atoms with Crippen LogP contribution in [0, 0.1) is 11.7 Å². The van der Waals surface area contributed by atoms with Crippen molar-refractivity contribution >= 4 is 15.9 Å². The molecule has 2 nitrogen and oxygen atoms in total. The Balaban J connectivity index is 2.37. The van der Waals surface area contributed by atoms with Gasteiger partial charge in [-0.05, 0) is 42.6 Å². The molecule has 4 heteroatoms. The number of hydrogen-bond acceptors (Lipinski definition) is 2. The molecule has 0 aliphatic rings. The Morgan fingerprint density at radius 1 is 1.44 bits per heavy atom. The van der Waals surface area contributed by atoms with Gasteiger partial charge >= 0.3 is 0 Å². The van der Waals surface area contributed by atoms with Crippen molar-refractivity contribution < 1.29 is 9.50 Å². The van der Waals surface area contributed by atoms with E-state index in [4.69, 9.17) is 5.11 Å². The maximum Gasteiger partial charge on any atom is 0.124 e. The molecule has 0 saturated carbocycles. The third-order valence-electron chi connectivity index (χ3n) is 2.37. The van der Waals surface area contributed by atoms with Crippen LogP contribution in [0.25, 0.3) is 0 Å². The Kier molecular flexibility index (Phi) is 5.95. The predicted molar refractivity (Wildman–Crippen MR) is 66.7 cm³/mol. The lowest BCUT2D eigenvalue weighted by Crippen LogP contribution is -2.21. The monoisotopic (exact) mass is 289 g/mol. The van der Waals surface area contributed by atoms with Crippen LogP contribution in [0.15, 0.2) is 22.7 Å². The van der Waals surface area contributed by atoms with Crippen molar-refractivity contribution in [2.24, 2.45) is 5.92 Å². The van der Waals surface area contributed by atoms with Crippen LogP contribution in [0.4, 0.5) is 4.39 Å². The van der Waals surface area contributed by atoms with E-state index >= 15 is 0 Å². The van der Waals surface area contributed by atoms with Crippen molar-refractivity contribution in [2.75, 3.05) is 13.2 Å². The van der Waals surface area contributed by atoms with Crippen molar-refractivity contribution in [2.45, 2.75) is 19.9 Å². The minimum absolute atomic E-state index is 0.217. The number of hydrogen-bond donors (Lipinski definition) is 2. The molecule has 0 heterocycles. The van der Waals surface area contributed by atoms with Gasteiger partial charge in [0.2, 0.25) is 0 Å². The van der Waals surface area contributed by atoms with Gasteiger partial charge in [-0.25, -0.2) is 4.39 Å². The van der Waals surface area contributed by atoms with Gasteiger partial charge in [0.1, 0.15) is 5.82 Å². The van der Waals surface area contributed by atoms with Gasteiger partial charge in [0.15, 0.2) is 0 Å². The number of aliphatic hydroxyl groups excluding tert-OH is 1. The van der Waals surface area contributed by atoms with E-state index in [0.717, 1.165) is 23.0 Å². The van der Waals surface area contributed by atoms with Gasteiger partial charge in [-0.1, -0.05) is 22.9 Å². The number of aliphatic hydroxyl groups is 1. The minimum atomic E-state index is -0.227. The van der Waals surface area contributed by atoms with Crippen LogP contribution in [-0.4, -0.2) is 18.3 Å². The summed E-state index contributed by atoms with van der Waals surface area (Å²) in [6.45, 7) is 3.76. The molecule has 16 heavy (non-hydrogen) atoms. The highest BCUT2D eigenvalue weighted by atomic mass is 79.9. The second kappa shape index (κ2) is 6.99. The standard InChI is InChI=1S/C12H17BrFNO/c1-9(2-3-16)7-15-8-10-4-11(13)6-12(14)5-10/h4-6,9,15-16H,2-3,7-8H2,1H3. The topological polar surface area (TPSA) is 32.3 Å². The van der Waals surface area contributed by atoms with Crippen LogP contribution in [0.2, 0.25) is 0 Å². The molecule has 0 fully saturated rings. The molecule has 0 aromatic heterocycles. The average molecular weight is 290 g/mol. The summed E-state index contributed by atoms with van der Waals surface area (Å²) in [7, 11) is 0. The summed E-state index contributed by atoms with van der Waals surface area (Å²) in [5.41, 5.74) is 0.920. The molecule has 2 N–H and O–H groups in total. The number of halogens is 2. The minimum Gasteiger partial charge on any atom is -0.396 e. The van der Waals surface area contributed by atoms with Crippen LogP contribution in [0.1, 0.15) is 18.9 Å². The van der Waals surface area contributed by atoms with Crippen molar-refractivity contribution in [3.63, 3.8) is 0 Å². The van der Waals surface area contributed by atoms with Crippen LogP contribution in [0.3, 0.4) is 0 Å². The lowest BCUT2D eigenvalue weighted by atomic mass is 10.1. The first-order valence-corrected chi connectivity index (χ1v) is 6.17. The fourth-order valence-electron chi connectivity index (χ4n) is 1.50. The van der Waals surface area contributed by atoms with Crippen molar-refractivity contribution in [1.29, 1.82) is 0 Å². The van der Waals surface area contributed by atoms with Gasteiger partial charge < -0.3 is 10.4 Å². The Hall–Kier alpha value is -0.450. The maximum absolute atomic E-state index is 13.0. The highest BCUT2D eigenvalue weighted by Crippen LogP contribution is 2.14. The molecule has 0 radical (unpaired) electrons. The zero-order chi connectivity index (χ0) is 12.0. The maximum atomic E-state index is 13.0. The first kappa shape index (κ1) is 13.6. The SMILES string of the molecule is CC(CCO)CNCc1cc(F)cc(Br)c1. The van der Waals surface area contributed by atoms with E-state index in [1.165, 1.54) is 12.1 Å². The largest absolute Gasteiger partial charge is 0.396 e. The summed E-state index contributed by atoms with van der Waals surface area (Å²) < 4.78 is 13.8. The zero-order valence-electron chi connectivity index (χ0n) is 9.34. The van der Waals surface area contributed by atoms with Gasteiger partial charge in [-0.15, -0.1) is 0 Å². The second-order valence-electron chi connectivity index (χ2n) is 4.03. The molecule has 1 aromatic carbocycles. The fraction of sp³-hybridized carbons (Fsp3) is 0.500. The third kappa shape index (κ3) is 5.05. The van der Waals surface area contributed by atoms with Crippen molar-refractivity contribution in [3.05, 3.63) is 34.1 Å². The smallest absolute Gasteiger partial charge is 0.124 e. The number of rotatable bonds is 6. The summed E-state index contributed by atoms with van der Waals surface area (Å²) in [4.78, 5) is 0. The average Bonchev–Trinajstić information content (AvgIpc) is 2.16. The Morgan fingerprint density at radius 2 is 2.19 bits per heavy atom. The first-order chi connectivity index (χ1) is 7.61. The van der Waals surface area contributed by atoms with Gasteiger partial charge in [-0.2, -0.15) is 0 Å². The normalized spacial score (nSPS) is 12.8. The summed E-state index contributed by atoms with van der Waals surface area (Å²) in [5, 5.41) is 12.0. The molecule has 0 aliphatic heterocycles. The van der Waals surface area contributed by atoms with Gasteiger partial charge in [0.25, 0.3) is 0 Å². The van der Waals surface area contributed by atoms with E-state index in [-0.39, 0.29) is 12.4 Å². The van der Waals surface area contributed by atoms with Crippen LogP contribution < -0.4 is 5.32 Å². The molecule has 0 spiro atoms. The van der Waals surface area contributed by atoms with Gasteiger partial charge in [0, 0.05) is 17.6 Å². The molecule has 1 rings (SSSR count). The van der Waals surface area contributed by atoms with Gasteiger partial charge in [-0.3, -0.25) is 0 Å². The fourth-order valence-corrected chi connectivity index (χ4v) is 2.01. The number of nitrogens with one attached hydrogen (secondary N) is 1. The second-order valence-corrected chi connectivity index (χ2v) is 4.94. The molecule has 0 amide bonds. The molecular formula is C12H17BrFNO. The van der Waals surface area contributed by atoms with E-state index in [1.54, 1.807) is 0 Å². The van der Waals surface area contributed by atoms with Gasteiger partial charge in [0.05, 0.1) is 0 Å². The summed E-state index contributed by atoms with van der Waals surface area (Å²) in [6.07, 6.45) is 0.792. The Labute approximate surface area is 104 Å². The van der Waals surface area contributed by atoms with E-state index in [0.29, 0.717) is 12.5 Å². The summed E-state index contributed by atoms with van der Waals surface area (Å²) in [6, 6.07) is 4.86. The molecule has 1 unspecified atom stereocenters. The molecular weight excluding hydrogens is 273 g/mol. The molecule has 1 aromatic rings. The van der Waals surface area contributed by atoms with E-state index in [2.05, 4.69) is 28.2 Å². The molecule has 90 valence electrons. The molecule has 0 bridgehead atoms. The third-order valence-corrected chi connectivity index (χ3v) is 2.82. The molecule has 1 atom stereocenters. The Morgan fingerprint density at radius 3 is 2.81 bits per heavy atom. The highest BCUT2D eigenvalue weighted by Gasteiger charge is 2.02. The van der Waals surface area contributed by atoms with Crippen LogP contribution in [-0.2, 0) is 6.54 Å². The summed E-state index contributed by atoms with van der Waals surface area (Å²) >= 11 is 3.26. The highest BCUT2D eigenvalue weighted by molar-refractivity contribution is 9.10. The van der Waals surface area contributed by atoms with E-state index in [1.807, 2.05) is 6.07 Å².